The highest BCUT2D eigenvalue weighted by Gasteiger charge is 2.43. The van der Waals surface area contributed by atoms with Gasteiger partial charge < -0.3 is 23.7 Å². The molecule has 0 spiro atoms. The maximum atomic E-state index is 11.7. The fourth-order valence-electron chi connectivity index (χ4n) is 4.18. The van der Waals surface area contributed by atoms with Crippen LogP contribution in [0.1, 0.15) is 23.0 Å². The summed E-state index contributed by atoms with van der Waals surface area (Å²) < 4.78 is 27.0. The minimum atomic E-state index is -1.28. The van der Waals surface area contributed by atoms with Crippen LogP contribution in [0.2, 0.25) is 0 Å². The zero-order valence-corrected chi connectivity index (χ0v) is 19.1. The van der Waals surface area contributed by atoms with Crippen molar-refractivity contribution in [2.75, 3.05) is 54.7 Å². The molecule has 0 aromatic heterocycles. The summed E-state index contributed by atoms with van der Waals surface area (Å²) in [6.45, 7) is 1.89. The summed E-state index contributed by atoms with van der Waals surface area (Å²) >= 11 is 0. The Hall–Kier alpha value is -3.23. The largest absolute Gasteiger partial charge is 0.493 e. The van der Waals surface area contributed by atoms with Gasteiger partial charge in [-0.15, -0.1) is 0 Å². The van der Waals surface area contributed by atoms with Crippen molar-refractivity contribution < 1.29 is 28.6 Å². The van der Waals surface area contributed by atoms with Crippen LogP contribution in [0.3, 0.4) is 0 Å². The molecule has 10 heteroatoms. The van der Waals surface area contributed by atoms with Crippen molar-refractivity contribution in [2.24, 2.45) is 0 Å². The van der Waals surface area contributed by atoms with Gasteiger partial charge in [0.15, 0.2) is 23.3 Å². The van der Waals surface area contributed by atoms with E-state index in [4.69, 9.17) is 23.7 Å². The second-order valence-corrected chi connectivity index (χ2v) is 7.33. The first-order chi connectivity index (χ1) is 16.0. The summed E-state index contributed by atoms with van der Waals surface area (Å²) in [7, 11) is 5.86. The van der Waals surface area contributed by atoms with Crippen molar-refractivity contribution >= 4 is 5.69 Å². The Labute approximate surface area is 192 Å². The second kappa shape index (κ2) is 10.6. The Morgan fingerprint density at radius 1 is 1.03 bits per heavy atom. The number of hydrogen-bond donors (Lipinski definition) is 0. The quantitative estimate of drug-likeness (QED) is 0.318. The maximum Gasteiger partial charge on any atom is 0.277 e. The number of nitro groups is 1. The lowest BCUT2D eigenvalue weighted by atomic mass is 9.81. The van der Waals surface area contributed by atoms with Gasteiger partial charge in [0.1, 0.15) is 0 Å². The van der Waals surface area contributed by atoms with Crippen LogP contribution in [0.4, 0.5) is 5.69 Å². The van der Waals surface area contributed by atoms with E-state index in [1.54, 1.807) is 30.3 Å². The van der Waals surface area contributed by atoms with Crippen LogP contribution in [0.15, 0.2) is 36.4 Å². The number of benzene rings is 2. The first kappa shape index (κ1) is 24.4. The van der Waals surface area contributed by atoms with Crippen molar-refractivity contribution in [1.82, 2.24) is 4.90 Å². The van der Waals surface area contributed by atoms with Gasteiger partial charge in [-0.1, -0.05) is 6.07 Å². The topological polar surface area (TPSA) is 116 Å². The Balaban J connectivity index is 2.30. The average Bonchev–Trinajstić information content (AvgIpc) is 2.86. The molecule has 33 heavy (non-hydrogen) atoms. The van der Waals surface area contributed by atoms with Crippen molar-refractivity contribution in [3.05, 3.63) is 63.2 Å². The highest BCUT2D eigenvalue weighted by Crippen LogP contribution is 2.42. The lowest BCUT2D eigenvalue weighted by Crippen LogP contribution is -2.51. The molecule has 3 rings (SSSR count). The normalized spacial score (nSPS) is 16.1. The molecule has 1 fully saturated rings. The van der Waals surface area contributed by atoms with E-state index in [0.29, 0.717) is 48.9 Å². The number of ether oxygens (including phenoxy) is 5. The average molecular weight is 457 g/mol. The van der Waals surface area contributed by atoms with E-state index in [1.807, 2.05) is 4.90 Å². The fraction of sp³-hybridized carbons (Fsp3) is 0.435. The minimum Gasteiger partial charge on any atom is -0.493 e. The lowest BCUT2D eigenvalue weighted by Gasteiger charge is -2.42. The standard InChI is InChI=1S/C23H27N3O7/c1-29-20-8-6-17(14-21(20)30-2)23(15-24,25-9-11-33-12-10-25)16-5-7-19(26(27)28)18(13-16)22(31-3)32-4/h5-8,13-14,22H,9-12H2,1-4H3. The Morgan fingerprint density at radius 2 is 1.64 bits per heavy atom. The Bertz CT molecular complexity index is 1030. The Kier molecular flexibility index (Phi) is 7.84. The van der Waals surface area contributed by atoms with Crippen LogP contribution in [0, 0.1) is 21.4 Å². The van der Waals surface area contributed by atoms with Gasteiger partial charge in [-0.2, -0.15) is 5.26 Å². The van der Waals surface area contributed by atoms with Crippen LogP contribution < -0.4 is 9.47 Å². The number of methoxy groups -OCH3 is 4. The molecule has 2 aromatic carbocycles. The fourth-order valence-corrected chi connectivity index (χ4v) is 4.18. The van der Waals surface area contributed by atoms with E-state index in [1.165, 1.54) is 34.5 Å². The predicted octanol–water partition coefficient (Wildman–Crippen LogP) is 3.00. The van der Waals surface area contributed by atoms with Crippen molar-refractivity contribution in [3.8, 4) is 17.6 Å². The second-order valence-electron chi connectivity index (χ2n) is 7.33. The summed E-state index contributed by atoms with van der Waals surface area (Å²) in [6.07, 6.45) is -0.975. The first-order valence-electron chi connectivity index (χ1n) is 10.3. The number of nitrogens with zero attached hydrogens (tertiary/aromatic N) is 3. The molecule has 10 nitrogen and oxygen atoms in total. The zero-order valence-electron chi connectivity index (χ0n) is 19.1. The summed E-state index contributed by atoms with van der Waals surface area (Å²) in [5.41, 5.74) is -0.0433. The molecule has 0 saturated carbocycles. The van der Waals surface area contributed by atoms with Gasteiger partial charge in [0.25, 0.3) is 5.69 Å². The van der Waals surface area contributed by atoms with Crippen molar-refractivity contribution in [2.45, 2.75) is 11.8 Å². The number of rotatable bonds is 9. The summed E-state index contributed by atoms with van der Waals surface area (Å²) in [5.74, 6) is 0.995. The molecule has 0 bridgehead atoms. The molecule has 1 heterocycles. The third-order valence-corrected chi connectivity index (χ3v) is 5.77. The van der Waals surface area contributed by atoms with E-state index >= 15 is 0 Å². The first-order valence-corrected chi connectivity index (χ1v) is 10.3. The molecular weight excluding hydrogens is 430 g/mol. The van der Waals surface area contributed by atoms with Crippen LogP contribution >= 0.6 is 0 Å². The van der Waals surface area contributed by atoms with E-state index in [2.05, 4.69) is 6.07 Å². The van der Waals surface area contributed by atoms with Gasteiger partial charge in [0.2, 0.25) is 0 Å². The van der Waals surface area contributed by atoms with Crippen LogP contribution in [-0.2, 0) is 19.7 Å². The molecule has 0 amide bonds. The molecule has 1 aliphatic heterocycles. The minimum absolute atomic E-state index is 0.159. The van der Waals surface area contributed by atoms with E-state index in [9.17, 15) is 15.4 Å². The molecule has 1 atom stereocenters. The van der Waals surface area contributed by atoms with Gasteiger partial charge >= 0.3 is 0 Å². The van der Waals surface area contributed by atoms with Gasteiger partial charge in [0.05, 0.1) is 44.0 Å². The summed E-state index contributed by atoms with van der Waals surface area (Å²) in [4.78, 5) is 13.2. The lowest BCUT2D eigenvalue weighted by molar-refractivity contribution is -0.387. The number of nitro benzene ring substituents is 1. The molecule has 2 aromatic rings. The third kappa shape index (κ3) is 4.49. The molecule has 0 radical (unpaired) electrons. The number of hydrogen-bond acceptors (Lipinski definition) is 9. The number of morpholine rings is 1. The molecular formula is C23H27N3O7. The summed E-state index contributed by atoms with van der Waals surface area (Å²) in [5, 5.41) is 22.3. The van der Waals surface area contributed by atoms with Crippen LogP contribution in [0.5, 0.6) is 11.5 Å². The predicted molar refractivity (Wildman–Crippen MR) is 118 cm³/mol. The van der Waals surface area contributed by atoms with E-state index in [-0.39, 0.29) is 11.3 Å². The third-order valence-electron chi connectivity index (χ3n) is 5.77. The molecule has 0 aliphatic carbocycles. The monoisotopic (exact) mass is 457 g/mol. The molecule has 176 valence electrons. The number of nitriles is 1. The van der Waals surface area contributed by atoms with Crippen LogP contribution in [-0.4, -0.2) is 64.6 Å². The van der Waals surface area contributed by atoms with Crippen molar-refractivity contribution in [1.29, 1.82) is 5.26 Å². The summed E-state index contributed by atoms with van der Waals surface area (Å²) in [6, 6.07) is 12.3. The van der Waals surface area contributed by atoms with Crippen LogP contribution in [0.25, 0.3) is 0 Å². The highest BCUT2D eigenvalue weighted by atomic mass is 16.7. The molecule has 0 N–H and O–H groups in total. The molecule has 1 saturated heterocycles. The SMILES string of the molecule is COc1ccc(C(C#N)(c2ccc([N+](=O)[O-])c(C(OC)OC)c2)N2CCOCC2)cc1OC. The maximum absolute atomic E-state index is 11.7. The molecule has 1 unspecified atom stereocenters. The van der Waals surface area contributed by atoms with E-state index < -0.39 is 16.8 Å². The highest BCUT2D eigenvalue weighted by molar-refractivity contribution is 5.55. The zero-order chi connectivity index (χ0) is 24.0. The van der Waals surface area contributed by atoms with E-state index in [0.717, 1.165) is 0 Å². The van der Waals surface area contributed by atoms with Gasteiger partial charge in [0, 0.05) is 33.4 Å². The van der Waals surface area contributed by atoms with Gasteiger partial charge in [-0.25, -0.2) is 0 Å². The van der Waals surface area contributed by atoms with Gasteiger partial charge in [-0.05, 0) is 35.4 Å². The molecule has 1 aliphatic rings. The Morgan fingerprint density at radius 3 is 2.18 bits per heavy atom. The van der Waals surface area contributed by atoms with Gasteiger partial charge in [-0.3, -0.25) is 15.0 Å². The smallest absolute Gasteiger partial charge is 0.277 e. The van der Waals surface area contributed by atoms with Crippen molar-refractivity contribution in [3.63, 3.8) is 0 Å².